The molecule has 35 heavy (non-hydrogen) atoms. The number of ketones is 1. The van der Waals surface area contributed by atoms with Crippen LogP contribution >= 0.6 is 0 Å². The lowest BCUT2D eigenvalue weighted by Crippen LogP contribution is -2.35. The largest absolute Gasteiger partial charge is 0.507 e. The Hall–Kier alpha value is -3.52. The fourth-order valence-electron chi connectivity index (χ4n) is 3.99. The lowest BCUT2D eigenvalue weighted by atomic mass is 9.95. The molecule has 0 radical (unpaired) electrons. The zero-order valence-electron chi connectivity index (χ0n) is 21.0. The van der Waals surface area contributed by atoms with Crippen molar-refractivity contribution in [2.45, 2.75) is 25.8 Å². The number of amides is 1. The summed E-state index contributed by atoms with van der Waals surface area (Å²) in [5.74, 6) is -0.00898. The highest BCUT2D eigenvalue weighted by Crippen LogP contribution is 2.42. The number of Topliss-reactive ketones (excluding diaryl/α,β-unsaturated/α-hetero) is 1. The molecule has 1 saturated heterocycles. The second-order valence-electron chi connectivity index (χ2n) is 8.64. The molecule has 188 valence electrons. The van der Waals surface area contributed by atoms with E-state index in [0.29, 0.717) is 48.1 Å². The number of methoxy groups -OCH3 is 2. The summed E-state index contributed by atoms with van der Waals surface area (Å²) in [4.78, 5) is 29.7. The molecule has 1 unspecified atom stereocenters. The van der Waals surface area contributed by atoms with Crippen molar-refractivity contribution in [2.75, 3.05) is 48.0 Å². The lowest BCUT2D eigenvalue weighted by molar-refractivity contribution is -0.140. The van der Waals surface area contributed by atoms with Gasteiger partial charge in [-0.15, -0.1) is 0 Å². The molecule has 0 bridgehead atoms. The highest BCUT2D eigenvalue weighted by Gasteiger charge is 2.46. The van der Waals surface area contributed by atoms with Gasteiger partial charge in [-0.05, 0) is 50.3 Å². The number of hydrogen-bond acceptors (Lipinski definition) is 7. The Morgan fingerprint density at radius 2 is 1.83 bits per heavy atom. The van der Waals surface area contributed by atoms with E-state index in [1.807, 2.05) is 25.1 Å². The van der Waals surface area contributed by atoms with Crippen molar-refractivity contribution in [3.63, 3.8) is 0 Å². The summed E-state index contributed by atoms with van der Waals surface area (Å²) in [5, 5.41) is 11.2. The van der Waals surface area contributed by atoms with Gasteiger partial charge >= 0.3 is 0 Å². The van der Waals surface area contributed by atoms with Crippen LogP contribution < -0.4 is 14.2 Å². The smallest absolute Gasteiger partial charge is 0.295 e. The van der Waals surface area contributed by atoms with Crippen LogP contribution in [0.25, 0.3) is 5.76 Å². The minimum atomic E-state index is -0.778. The number of hydrogen-bond donors (Lipinski definition) is 1. The van der Waals surface area contributed by atoms with Crippen LogP contribution in [-0.2, 0) is 9.59 Å². The third-order valence-corrected chi connectivity index (χ3v) is 5.93. The van der Waals surface area contributed by atoms with Gasteiger partial charge < -0.3 is 29.1 Å². The summed E-state index contributed by atoms with van der Waals surface area (Å²) in [6.07, 6.45) is 1.92. The van der Waals surface area contributed by atoms with E-state index < -0.39 is 17.7 Å². The topological polar surface area (TPSA) is 88.5 Å². The van der Waals surface area contributed by atoms with Crippen molar-refractivity contribution in [1.29, 1.82) is 0 Å². The Labute approximate surface area is 206 Å². The van der Waals surface area contributed by atoms with E-state index in [0.717, 1.165) is 12.8 Å². The quantitative estimate of drug-likeness (QED) is 0.225. The molecule has 0 aromatic heterocycles. The van der Waals surface area contributed by atoms with Crippen molar-refractivity contribution in [3.8, 4) is 17.2 Å². The molecule has 1 atom stereocenters. The first-order chi connectivity index (χ1) is 16.8. The Morgan fingerprint density at radius 3 is 2.49 bits per heavy atom. The van der Waals surface area contributed by atoms with Gasteiger partial charge in [-0.2, -0.15) is 0 Å². The molecule has 8 nitrogen and oxygen atoms in total. The van der Waals surface area contributed by atoms with Gasteiger partial charge in [0.25, 0.3) is 11.7 Å². The summed E-state index contributed by atoms with van der Waals surface area (Å²) in [6, 6.07) is 11.3. The summed E-state index contributed by atoms with van der Waals surface area (Å²) >= 11 is 0. The van der Waals surface area contributed by atoms with Crippen LogP contribution in [0.3, 0.4) is 0 Å². The number of rotatable bonds is 11. The Morgan fingerprint density at radius 1 is 1.06 bits per heavy atom. The van der Waals surface area contributed by atoms with Crippen LogP contribution in [0.15, 0.2) is 48.0 Å². The Bertz CT molecular complexity index is 1090. The van der Waals surface area contributed by atoms with Crippen molar-refractivity contribution in [2.24, 2.45) is 0 Å². The number of carbonyl (C=O) groups excluding carboxylic acids is 2. The number of unbranched alkanes of at least 4 members (excludes halogenated alkanes) is 1. The van der Waals surface area contributed by atoms with E-state index in [1.54, 1.807) is 43.5 Å². The molecule has 0 aliphatic carbocycles. The van der Waals surface area contributed by atoms with Crippen molar-refractivity contribution in [1.82, 2.24) is 9.80 Å². The predicted octanol–water partition coefficient (Wildman–Crippen LogP) is 3.87. The maximum atomic E-state index is 13.2. The van der Waals surface area contributed by atoms with Crippen molar-refractivity contribution in [3.05, 3.63) is 59.2 Å². The van der Waals surface area contributed by atoms with Crippen LogP contribution in [0.1, 0.15) is 36.9 Å². The first-order valence-corrected chi connectivity index (χ1v) is 11.7. The highest BCUT2D eigenvalue weighted by molar-refractivity contribution is 6.46. The Balaban J connectivity index is 2.12. The van der Waals surface area contributed by atoms with E-state index in [9.17, 15) is 14.7 Å². The molecule has 0 spiro atoms. The van der Waals surface area contributed by atoms with E-state index >= 15 is 0 Å². The number of likely N-dealkylation sites (tertiary alicyclic amines) is 1. The van der Waals surface area contributed by atoms with Crippen LogP contribution in [0.2, 0.25) is 0 Å². The summed E-state index contributed by atoms with van der Waals surface area (Å²) < 4.78 is 16.7. The third kappa shape index (κ3) is 5.77. The molecule has 1 N–H and O–H groups in total. The molecule has 2 aromatic rings. The normalized spacial score (nSPS) is 17.2. The average molecular weight is 483 g/mol. The van der Waals surface area contributed by atoms with Gasteiger partial charge in [-0.1, -0.05) is 31.5 Å². The Kier molecular flexibility index (Phi) is 8.76. The standard InChI is InChI=1S/C27H34N2O6/c1-6-7-15-35-21-12-11-18(17-22(21)34-5)24-23(25(30)19-9-8-10-20(16-19)33-4)26(31)27(32)29(24)14-13-28(2)3/h8-12,16-17,24,30H,6-7,13-15H2,1-5H3/b25-23+. The van der Waals surface area contributed by atoms with E-state index in [-0.39, 0.29) is 11.3 Å². The minimum absolute atomic E-state index is 0.0312. The van der Waals surface area contributed by atoms with E-state index in [2.05, 4.69) is 6.92 Å². The fraction of sp³-hybridized carbons (Fsp3) is 0.407. The number of benzene rings is 2. The molecular weight excluding hydrogens is 448 g/mol. The first-order valence-electron chi connectivity index (χ1n) is 11.7. The van der Waals surface area contributed by atoms with Crippen LogP contribution in [-0.4, -0.2) is 74.6 Å². The maximum Gasteiger partial charge on any atom is 0.295 e. The third-order valence-electron chi connectivity index (χ3n) is 5.93. The summed E-state index contributed by atoms with van der Waals surface area (Å²) in [5.41, 5.74) is 1.07. The summed E-state index contributed by atoms with van der Waals surface area (Å²) in [6.45, 7) is 3.51. The number of ether oxygens (including phenoxy) is 3. The average Bonchev–Trinajstić information content (AvgIpc) is 3.12. The van der Waals surface area contributed by atoms with Gasteiger partial charge in [0.1, 0.15) is 11.5 Å². The molecule has 1 heterocycles. The fourth-order valence-corrected chi connectivity index (χ4v) is 3.99. The number of carbonyl (C=O) groups is 2. The van der Waals surface area contributed by atoms with Gasteiger partial charge in [0.2, 0.25) is 0 Å². The molecule has 1 aliphatic rings. The monoisotopic (exact) mass is 482 g/mol. The first kappa shape index (κ1) is 26.1. The molecule has 8 heteroatoms. The number of aliphatic hydroxyl groups is 1. The molecule has 0 saturated carbocycles. The number of nitrogens with zero attached hydrogens (tertiary/aromatic N) is 2. The van der Waals surface area contributed by atoms with Crippen molar-refractivity contribution >= 4 is 17.4 Å². The van der Waals surface area contributed by atoms with Crippen molar-refractivity contribution < 1.29 is 28.9 Å². The van der Waals surface area contributed by atoms with Gasteiger partial charge in [-0.25, -0.2) is 0 Å². The zero-order chi connectivity index (χ0) is 25.5. The van der Waals surface area contributed by atoms with Gasteiger partial charge in [-0.3, -0.25) is 9.59 Å². The molecule has 2 aromatic carbocycles. The second-order valence-corrected chi connectivity index (χ2v) is 8.64. The van der Waals surface area contributed by atoms with Gasteiger partial charge in [0.05, 0.1) is 32.4 Å². The number of aliphatic hydroxyl groups excluding tert-OH is 1. The molecule has 1 aliphatic heterocycles. The van der Waals surface area contributed by atoms with Gasteiger partial charge in [0, 0.05) is 18.7 Å². The molecular formula is C27H34N2O6. The maximum absolute atomic E-state index is 13.2. The molecule has 1 fully saturated rings. The molecule has 3 rings (SSSR count). The SMILES string of the molecule is CCCCOc1ccc(C2/C(=C(\O)c3cccc(OC)c3)C(=O)C(=O)N2CCN(C)C)cc1OC. The highest BCUT2D eigenvalue weighted by atomic mass is 16.5. The van der Waals surface area contributed by atoms with E-state index in [4.69, 9.17) is 14.2 Å². The predicted molar refractivity (Wildman–Crippen MR) is 134 cm³/mol. The molecule has 1 amide bonds. The second kappa shape index (κ2) is 11.8. The van der Waals surface area contributed by atoms with E-state index in [1.165, 1.54) is 12.0 Å². The number of likely N-dealkylation sites (N-methyl/N-ethyl adjacent to an activating group) is 1. The minimum Gasteiger partial charge on any atom is -0.507 e. The van der Waals surface area contributed by atoms with Crippen LogP contribution in [0, 0.1) is 0 Å². The van der Waals surface area contributed by atoms with Crippen LogP contribution in [0.5, 0.6) is 17.2 Å². The van der Waals surface area contributed by atoms with Gasteiger partial charge in [0.15, 0.2) is 11.5 Å². The van der Waals surface area contributed by atoms with Crippen LogP contribution in [0.4, 0.5) is 0 Å². The summed E-state index contributed by atoms with van der Waals surface area (Å²) in [7, 11) is 6.86. The zero-order valence-corrected chi connectivity index (χ0v) is 21.0. The lowest BCUT2D eigenvalue weighted by Gasteiger charge is -2.27.